The number of aliphatic imine (C=N–C) groups is 1. The highest BCUT2D eigenvalue weighted by Crippen LogP contribution is 2.19. The molecule has 2 N–H and O–H groups in total. The molecule has 0 saturated carbocycles. The van der Waals surface area contributed by atoms with Gasteiger partial charge in [-0.25, -0.2) is 14.4 Å². The van der Waals surface area contributed by atoms with E-state index in [9.17, 15) is 9.50 Å². The van der Waals surface area contributed by atoms with Gasteiger partial charge >= 0.3 is 0 Å². The van der Waals surface area contributed by atoms with Crippen molar-refractivity contribution in [3.8, 4) is 0 Å². The molecule has 0 bridgehead atoms. The summed E-state index contributed by atoms with van der Waals surface area (Å²) in [7, 11) is 0. The van der Waals surface area contributed by atoms with E-state index in [1.54, 1.807) is 12.1 Å². The van der Waals surface area contributed by atoms with Gasteiger partial charge in [0.2, 0.25) is 5.13 Å². The van der Waals surface area contributed by atoms with Crippen molar-refractivity contribution >= 4 is 22.6 Å². The predicted octanol–water partition coefficient (Wildman–Crippen LogP) is 2.02. The molecule has 152 valence electrons. The zero-order chi connectivity index (χ0) is 19.9. The summed E-state index contributed by atoms with van der Waals surface area (Å²) in [4.78, 5) is 13.8. The number of rotatable bonds is 6. The number of anilines is 1. The van der Waals surface area contributed by atoms with Gasteiger partial charge in [0, 0.05) is 56.2 Å². The van der Waals surface area contributed by atoms with Crippen molar-refractivity contribution < 1.29 is 9.50 Å². The first-order valence-electron chi connectivity index (χ1n) is 9.63. The van der Waals surface area contributed by atoms with Crippen LogP contribution in [0.2, 0.25) is 0 Å². The Kier molecular flexibility index (Phi) is 7.16. The number of aryl methyl sites for hydroxylation is 1. The average Bonchev–Trinajstić information content (AvgIpc) is 3.21. The highest BCUT2D eigenvalue weighted by Gasteiger charge is 2.22. The summed E-state index contributed by atoms with van der Waals surface area (Å²) in [6, 6.07) is 4.76. The molecule has 1 aliphatic rings. The number of nitrogens with one attached hydrogen (secondary N) is 1. The molecule has 1 aliphatic heterocycles. The van der Waals surface area contributed by atoms with Gasteiger partial charge < -0.3 is 20.2 Å². The smallest absolute Gasteiger partial charge is 0.205 e. The zero-order valence-electron chi connectivity index (χ0n) is 16.4. The molecule has 0 radical (unpaired) electrons. The van der Waals surface area contributed by atoms with E-state index in [0.717, 1.165) is 61.6 Å². The van der Waals surface area contributed by atoms with Crippen molar-refractivity contribution in [3.05, 3.63) is 41.0 Å². The first-order valence-corrected chi connectivity index (χ1v) is 10.4. The van der Waals surface area contributed by atoms with Gasteiger partial charge in [-0.3, -0.25) is 0 Å². The van der Waals surface area contributed by atoms with Crippen LogP contribution in [0, 0.1) is 5.82 Å². The van der Waals surface area contributed by atoms with Crippen LogP contribution in [0.4, 0.5) is 9.52 Å². The van der Waals surface area contributed by atoms with E-state index in [4.69, 9.17) is 4.99 Å². The normalized spacial score (nSPS) is 15.2. The van der Waals surface area contributed by atoms with Crippen molar-refractivity contribution in [2.45, 2.75) is 33.4 Å². The lowest BCUT2D eigenvalue weighted by Gasteiger charge is -2.36. The van der Waals surface area contributed by atoms with E-state index in [0.29, 0.717) is 12.1 Å². The Bertz CT molecular complexity index is 803. The van der Waals surface area contributed by atoms with Crippen molar-refractivity contribution in [1.29, 1.82) is 0 Å². The number of hydrogen-bond donors (Lipinski definition) is 2. The third kappa shape index (κ3) is 4.96. The van der Waals surface area contributed by atoms with Gasteiger partial charge in [0.05, 0.1) is 13.2 Å². The van der Waals surface area contributed by atoms with Gasteiger partial charge in [0.25, 0.3) is 0 Å². The Morgan fingerprint density at radius 2 is 2.07 bits per heavy atom. The van der Waals surface area contributed by atoms with E-state index >= 15 is 0 Å². The second-order valence-electron chi connectivity index (χ2n) is 6.57. The zero-order valence-corrected chi connectivity index (χ0v) is 17.2. The molecular weight excluding hydrogens is 379 g/mol. The molecule has 0 aliphatic carbocycles. The second-order valence-corrected chi connectivity index (χ2v) is 7.31. The number of benzene rings is 1. The van der Waals surface area contributed by atoms with E-state index in [1.165, 1.54) is 17.6 Å². The molecule has 7 nitrogen and oxygen atoms in total. The molecule has 1 fully saturated rings. The third-order valence-electron chi connectivity index (χ3n) is 4.65. The summed E-state index contributed by atoms with van der Waals surface area (Å²) in [6.07, 6.45) is 0.856. The van der Waals surface area contributed by atoms with Crippen LogP contribution in [-0.2, 0) is 19.6 Å². The molecule has 28 heavy (non-hydrogen) atoms. The van der Waals surface area contributed by atoms with Crippen molar-refractivity contribution in [2.75, 3.05) is 37.6 Å². The first-order chi connectivity index (χ1) is 13.6. The molecule has 1 saturated heterocycles. The Labute approximate surface area is 169 Å². The van der Waals surface area contributed by atoms with Gasteiger partial charge in [-0.1, -0.05) is 13.0 Å². The molecule has 3 rings (SSSR count). The lowest BCUT2D eigenvalue weighted by Crippen LogP contribution is -2.52. The van der Waals surface area contributed by atoms with E-state index in [-0.39, 0.29) is 12.4 Å². The molecule has 0 spiro atoms. The Balaban J connectivity index is 1.63. The minimum absolute atomic E-state index is 0.301. The minimum Gasteiger partial charge on any atom is -0.392 e. The second kappa shape index (κ2) is 9.79. The highest BCUT2D eigenvalue weighted by molar-refractivity contribution is 7.09. The van der Waals surface area contributed by atoms with Crippen molar-refractivity contribution in [1.82, 2.24) is 19.6 Å². The number of guanidine groups is 1. The number of hydrogen-bond acceptors (Lipinski definition) is 6. The Morgan fingerprint density at radius 1 is 1.29 bits per heavy atom. The SMILES string of the molecule is CCNC(=NCc1ccc(F)c(CO)c1)N1CCN(c2nc(CC)ns2)CC1. The minimum atomic E-state index is -0.388. The number of piperazine rings is 1. The predicted molar refractivity (Wildman–Crippen MR) is 110 cm³/mol. The number of aliphatic hydroxyl groups excluding tert-OH is 1. The van der Waals surface area contributed by atoms with Crippen LogP contribution in [0.5, 0.6) is 0 Å². The Hall–Kier alpha value is -2.26. The van der Waals surface area contributed by atoms with E-state index < -0.39 is 0 Å². The number of aromatic nitrogens is 2. The van der Waals surface area contributed by atoms with Gasteiger partial charge in [-0.05, 0) is 24.6 Å². The third-order valence-corrected chi connectivity index (χ3v) is 5.46. The van der Waals surface area contributed by atoms with Gasteiger partial charge in [-0.15, -0.1) is 0 Å². The summed E-state index contributed by atoms with van der Waals surface area (Å²) in [5.74, 6) is 1.36. The standard InChI is InChI=1S/C19H27FN6OS/c1-3-17-23-19(28-24-17)26-9-7-25(8-10-26)18(21-4-2)22-12-14-5-6-16(20)15(11-14)13-27/h5-6,11,27H,3-4,7-10,12-13H2,1-2H3,(H,21,22). The summed E-state index contributed by atoms with van der Waals surface area (Å²) in [6.45, 7) is 8.44. The van der Waals surface area contributed by atoms with Crippen molar-refractivity contribution in [3.63, 3.8) is 0 Å². The highest BCUT2D eigenvalue weighted by atomic mass is 32.1. The molecule has 2 heterocycles. The number of halogens is 1. The summed E-state index contributed by atoms with van der Waals surface area (Å²) < 4.78 is 17.9. The maximum atomic E-state index is 13.6. The van der Waals surface area contributed by atoms with Crippen LogP contribution in [0.25, 0.3) is 0 Å². The van der Waals surface area contributed by atoms with Crippen LogP contribution in [0.1, 0.15) is 30.8 Å². The maximum absolute atomic E-state index is 13.6. The van der Waals surface area contributed by atoms with Crippen LogP contribution in [0.3, 0.4) is 0 Å². The molecule has 1 aromatic carbocycles. The Morgan fingerprint density at radius 3 is 2.71 bits per heavy atom. The molecule has 0 amide bonds. The summed E-state index contributed by atoms with van der Waals surface area (Å²) in [5, 5.41) is 13.6. The fourth-order valence-corrected chi connectivity index (χ4v) is 3.87. The van der Waals surface area contributed by atoms with Crippen LogP contribution in [-0.4, -0.2) is 58.0 Å². The summed E-state index contributed by atoms with van der Waals surface area (Å²) in [5.41, 5.74) is 1.18. The quantitative estimate of drug-likeness (QED) is 0.565. The van der Waals surface area contributed by atoms with Gasteiger partial charge in [0.1, 0.15) is 11.6 Å². The topological polar surface area (TPSA) is 76.9 Å². The fourth-order valence-electron chi connectivity index (χ4n) is 3.07. The molecule has 0 atom stereocenters. The molecule has 1 aromatic heterocycles. The van der Waals surface area contributed by atoms with E-state index in [2.05, 4.69) is 31.4 Å². The molecule has 2 aromatic rings. The molecule has 9 heteroatoms. The first kappa shape index (κ1) is 20.5. The van der Waals surface area contributed by atoms with E-state index in [1.807, 2.05) is 6.92 Å². The van der Waals surface area contributed by atoms with Crippen LogP contribution >= 0.6 is 11.5 Å². The lowest BCUT2D eigenvalue weighted by molar-refractivity contribution is 0.275. The monoisotopic (exact) mass is 406 g/mol. The number of aliphatic hydroxyl groups is 1. The van der Waals surface area contributed by atoms with Gasteiger partial charge in [-0.2, -0.15) is 4.37 Å². The van der Waals surface area contributed by atoms with Crippen LogP contribution < -0.4 is 10.2 Å². The number of nitrogens with zero attached hydrogens (tertiary/aromatic N) is 5. The maximum Gasteiger partial charge on any atom is 0.205 e. The largest absolute Gasteiger partial charge is 0.392 e. The fraction of sp³-hybridized carbons (Fsp3) is 0.526. The summed E-state index contributed by atoms with van der Waals surface area (Å²) >= 11 is 1.46. The molecular formula is C19H27FN6OS. The van der Waals surface area contributed by atoms with Gasteiger partial charge in [0.15, 0.2) is 5.96 Å². The average molecular weight is 407 g/mol. The lowest BCUT2D eigenvalue weighted by atomic mass is 10.1. The van der Waals surface area contributed by atoms with Crippen LogP contribution in [0.15, 0.2) is 23.2 Å². The molecule has 0 unspecified atom stereocenters. The van der Waals surface area contributed by atoms with Crippen molar-refractivity contribution in [2.24, 2.45) is 4.99 Å².